The Kier molecular flexibility index (Phi) is 7.75. The minimum Gasteiger partial charge on any atom is -0.480 e. The fraction of sp³-hybridized carbons (Fsp3) is 0.421. The van der Waals surface area contributed by atoms with Crippen LogP contribution < -0.4 is 26.8 Å². The van der Waals surface area contributed by atoms with Crippen molar-refractivity contribution in [2.24, 2.45) is 10.7 Å². The summed E-state index contributed by atoms with van der Waals surface area (Å²) in [7, 11) is 0. The van der Waals surface area contributed by atoms with Gasteiger partial charge in [-0.05, 0) is 25.3 Å². The maximum atomic E-state index is 14.8. The van der Waals surface area contributed by atoms with E-state index in [0.717, 1.165) is 12.3 Å². The Labute approximate surface area is 196 Å². The number of carboxylic acid groups (broad SMARTS) is 2. The monoisotopic (exact) mass is 494 g/mol. The Balaban J connectivity index is 1.64. The van der Waals surface area contributed by atoms with Gasteiger partial charge in [-0.2, -0.15) is 0 Å². The second-order valence-electron chi connectivity index (χ2n) is 7.79. The fourth-order valence-electron chi connectivity index (χ4n) is 3.77. The molecule has 1 saturated heterocycles. The molecule has 0 amide bonds. The fourth-order valence-corrected chi connectivity index (χ4v) is 3.77. The number of nitrogens with zero attached hydrogens (tertiary/aromatic N) is 4. The number of rotatable bonds is 10. The number of pyridine rings is 2. The first kappa shape index (κ1) is 25.3. The van der Waals surface area contributed by atoms with Crippen LogP contribution in [0.3, 0.4) is 0 Å². The van der Waals surface area contributed by atoms with Gasteiger partial charge in [-0.1, -0.05) is 5.43 Å². The van der Waals surface area contributed by atoms with Gasteiger partial charge in [-0.15, -0.1) is 0 Å². The molecule has 0 bridgehead atoms. The zero-order valence-corrected chi connectivity index (χ0v) is 18.2. The van der Waals surface area contributed by atoms with Gasteiger partial charge in [0.2, 0.25) is 5.43 Å². The topological polar surface area (TPSA) is 229 Å². The van der Waals surface area contributed by atoms with Crippen LogP contribution in [0.25, 0.3) is 11.0 Å². The van der Waals surface area contributed by atoms with E-state index in [0.29, 0.717) is 19.4 Å². The number of carboxylic acids is 2. The third-order valence-electron chi connectivity index (χ3n) is 5.39. The number of fused-ring (bicyclic) bond motifs is 1. The predicted molar refractivity (Wildman–Crippen MR) is 120 cm³/mol. The van der Waals surface area contributed by atoms with Crippen molar-refractivity contribution in [3.8, 4) is 0 Å². The minimum absolute atomic E-state index is 0.0302. The van der Waals surface area contributed by atoms with Gasteiger partial charge in [0.25, 0.3) is 5.96 Å². The molecule has 0 radical (unpaired) electrons. The molecule has 0 saturated carbocycles. The second-order valence-corrected chi connectivity index (χ2v) is 7.79. The van der Waals surface area contributed by atoms with E-state index in [1.54, 1.807) is 10.3 Å². The van der Waals surface area contributed by atoms with Crippen LogP contribution in [0, 0.1) is 15.9 Å². The van der Waals surface area contributed by atoms with Gasteiger partial charge in [0, 0.05) is 31.9 Å². The molecule has 2 aromatic heterocycles. The summed E-state index contributed by atoms with van der Waals surface area (Å²) in [4.78, 5) is 57.4. The zero-order chi connectivity index (χ0) is 25.7. The van der Waals surface area contributed by atoms with Gasteiger partial charge in [0.15, 0.2) is 16.7 Å². The Morgan fingerprint density at radius 3 is 2.86 bits per heavy atom. The Hall–Kier alpha value is -4.34. The van der Waals surface area contributed by atoms with Crippen LogP contribution in [0.15, 0.2) is 22.1 Å². The van der Waals surface area contributed by atoms with E-state index in [1.165, 1.54) is 0 Å². The average molecular weight is 494 g/mol. The number of aromatic amines is 1. The molecule has 16 heteroatoms. The molecule has 1 aliphatic heterocycles. The van der Waals surface area contributed by atoms with E-state index < -0.39 is 39.8 Å². The number of aromatic nitrogens is 2. The highest BCUT2D eigenvalue weighted by atomic mass is 19.1. The van der Waals surface area contributed by atoms with Crippen LogP contribution in [-0.4, -0.2) is 74.8 Å². The van der Waals surface area contributed by atoms with Crippen LogP contribution in [0.4, 0.5) is 10.2 Å². The summed E-state index contributed by atoms with van der Waals surface area (Å²) in [5.41, 5.74) is 5.65. The summed E-state index contributed by atoms with van der Waals surface area (Å²) in [6, 6.07) is -0.296. The second kappa shape index (κ2) is 10.7. The number of carbonyl (C=O) groups is 2. The first-order valence-corrected chi connectivity index (χ1v) is 10.5. The van der Waals surface area contributed by atoms with E-state index in [9.17, 15) is 34.0 Å². The van der Waals surface area contributed by atoms with Crippen molar-refractivity contribution < 1.29 is 29.2 Å². The molecule has 3 rings (SSSR count). The molecule has 0 spiro atoms. The van der Waals surface area contributed by atoms with E-state index >= 15 is 0 Å². The van der Waals surface area contributed by atoms with Gasteiger partial charge >= 0.3 is 11.9 Å². The lowest BCUT2D eigenvalue weighted by Crippen LogP contribution is -2.44. The number of hydrazine groups is 1. The van der Waals surface area contributed by atoms with Crippen LogP contribution in [0.5, 0.6) is 0 Å². The van der Waals surface area contributed by atoms with E-state index in [1.807, 2.05) is 0 Å². The van der Waals surface area contributed by atoms with Crippen LogP contribution in [-0.2, 0) is 4.79 Å². The maximum absolute atomic E-state index is 14.8. The highest BCUT2D eigenvalue weighted by Gasteiger charge is 2.30. The molecular formula is C19H23FN8O7. The summed E-state index contributed by atoms with van der Waals surface area (Å²) in [6.07, 6.45) is 1.97. The van der Waals surface area contributed by atoms with Crippen LogP contribution in [0.2, 0.25) is 0 Å². The smallest absolute Gasteiger partial charge is 0.341 e. The van der Waals surface area contributed by atoms with Crippen molar-refractivity contribution in [3.05, 3.63) is 44.0 Å². The van der Waals surface area contributed by atoms with E-state index in [-0.39, 0.29) is 48.4 Å². The molecule has 0 aromatic carbocycles. The third-order valence-corrected chi connectivity index (χ3v) is 5.39. The highest BCUT2D eigenvalue weighted by molar-refractivity contribution is 5.91. The molecule has 1 fully saturated rings. The van der Waals surface area contributed by atoms with E-state index in [4.69, 9.17) is 10.8 Å². The molecule has 188 valence electrons. The number of nitro groups is 1. The van der Waals surface area contributed by atoms with Crippen molar-refractivity contribution in [2.75, 3.05) is 24.5 Å². The van der Waals surface area contributed by atoms with Crippen molar-refractivity contribution in [1.82, 2.24) is 20.7 Å². The molecule has 35 heavy (non-hydrogen) atoms. The normalized spacial score (nSPS) is 16.9. The van der Waals surface area contributed by atoms with Crippen molar-refractivity contribution >= 4 is 34.7 Å². The Morgan fingerprint density at radius 2 is 2.20 bits per heavy atom. The molecule has 1 unspecified atom stereocenters. The number of aliphatic imine (C=N–C) groups is 1. The zero-order valence-electron chi connectivity index (χ0n) is 18.2. The Bertz CT molecular complexity index is 1230. The lowest BCUT2D eigenvalue weighted by atomic mass is 10.1. The lowest BCUT2D eigenvalue weighted by molar-refractivity contribution is -0.525. The van der Waals surface area contributed by atoms with Crippen molar-refractivity contribution in [3.63, 3.8) is 0 Å². The van der Waals surface area contributed by atoms with Gasteiger partial charge in [-0.3, -0.25) is 14.9 Å². The minimum atomic E-state index is -1.44. The first-order valence-electron chi connectivity index (χ1n) is 10.5. The number of hydrogen-bond acceptors (Lipinski definition) is 9. The van der Waals surface area contributed by atoms with Gasteiger partial charge in [0.1, 0.15) is 17.3 Å². The first-order chi connectivity index (χ1) is 16.6. The number of nitrogens with two attached hydrogens (primary N) is 1. The van der Waals surface area contributed by atoms with Gasteiger partial charge < -0.3 is 25.8 Å². The summed E-state index contributed by atoms with van der Waals surface area (Å²) >= 11 is 0. The van der Waals surface area contributed by atoms with Gasteiger partial charge in [-0.25, -0.2) is 29.3 Å². The summed E-state index contributed by atoms with van der Waals surface area (Å²) in [5.74, 6) is -3.77. The maximum Gasteiger partial charge on any atom is 0.341 e. The molecule has 1 aliphatic rings. The number of H-pyrrole nitrogens is 1. The molecule has 7 N–H and O–H groups in total. The third kappa shape index (κ3) is 6.17. The quantitative estimate of drug-likeness (QED) is 0.0788. The highest BCUT2D eigenvalue weighted by Crippen LogP contribution is 2.24. The number of guanidine groups is 1. The predicted octanol–water partition coefficient (Wildman–Crippen LogP) is -0.742. The molecule has 0 aliphatic carbocycles. The number of aromatic carboxylic acids is 1. The van der Waals surface area contributed by atoms with Crippen LogP contribution in [0.1, 0.15) is 29.6 Å². The summed E-state index contributed by atoms with van der Waals surface area (Å²) < 4.78 is 14.8. The SMILES string of the molecule is NC(=NCCC[C@H](NC1CCN(c2nc3[nH]cc(C(=O)O)c(=O)c3cc2F)C1)C(=O)O)N[N+](=O)[O-]. The molecule has 3 heterocycles. The molecule has 2 atom stereocenters. The lowest BCUT2D eigenvalue weighted by Gasteiger charge is -2.21. The molecule has 2 aromatic rings. The van der Waals surface area contributed by atoms with Crippen LogP contribution >= 0.6 is 0 Å². The average Bonchev–Trinajstić information content (AvgIpc) is 3.23. The van der Waals surface area contributed by atoms with Crippen molar-refractivity contribution in [2.45, 2.75) is 31.3 Å². The Morgan fingerprint density at radius 1 is 1.46 bits per heavy atom. The van der Waals surface area contributed by atoms with Crippen molar-refractivity contribution in [1.29, 1.82) is 0 Å². The molecular weight excluding hydrogens is 471 g/mol. The molecule has 15 nitrogen and oxygen atoms in total. The van der Waals surface area contributed by atoms with Gasteiger partial charge in [0.05, 0.1) is 5.39 Å². The number of halogens is 1. The summed E-state index contributed by atoms with van der Waals surface area (Å²) in [5, 5.41) is 30.8. The number of nitrogens with one attached hydrogen (secondary N) is 3. The summed E-state index contributed by atoms with van der Waals surface area (Å²) in [6.45, 7) is 0.696. The number of aliphatic carboxylic acids is 1. The van der Waals surface area contributed by atoms with E-state index in [2.05, 4.69) is 20.3 Å². The standard InChI is InChI=1S/C19H23FN8O7/c20-12-6-10-14(29)11(17(30)31)7-23-15(10)25-16(12)27-5-3-9(8-27)24-13(18(32)33)2-1-4-22-19(21)26-28(34)35/h6-7,9,13,24H,1-5,8H2,(H,30,31)(H,32,33)(H3,21,22,26)(H,23,25,29)/t9?,13-/m0/s1. The number of anilines is 1. The largest absolute Gasteiger partial charge is 0.480 e. The number of hydrogen-bond donors (Lipinski definition) is 6.